The lowest BCUT2D eigenvalue weighted by Crippen LogP contribution is -2.38. The van der Waals surface area contributed by atoms with Gasteiger partial charge in [0, 0.05) is 12.3 Å². The lowest BCUT2D eigenvalue weighted by molar-refractivity contribution is -0.0536. The molecule has 1 unspecified atom stereocenters. The van der Waals surface area contributed by atoms with Crippen molar-refractivity contribution in [2.45, 2.75) is 13.0 Å². The Morgan fingerprint density at radius 3 is 3.00 bits per heavy atom. The average Bonchev–Trinajstić information content (AvgIpc) is 2.92. The smallest absolute Gasteiger partial charge is 0.339 e. The molecule has 108 valence electrons. The van der Waals surface area contributed by atoms with E-state index in [1.807, 2.05) is 0 Å². The molecule has 3 N–H and O–H groups in total. The highest BCUT2D eigenvalue weighted by atomic mass is 16.6. The van der Waals surface area contributed by atoms with Crippen molar-refractivity contribution < 1.29 is 19.2 Å². The molecule has 0 aliphatic heterocycles. The minimum Gasteiger partial charge on any atom is -0.424 e. The quantitative estimate of drug-likeness (QED) is 0.510. The fourth-order valence-corrected chi connectivity index (χ4v) is 1.39. The van der Waals surface area contributed by atoms with Crippen LogP contribution in [-0.4, -0.2) is 27.3 Å². The molecule has 0 saturated heterocycles. The molecule has 2 rings (SSSR count). The maximum Gasteiger partial charge on any atom is 0.339 e. The van der Waals surface area contributed by atoms with E-state index in [9.17, 15) is 10.0 Å². The number of urea groups is 1. The molecule has 7 nitrogen and oxygen atoms in total. The lowest BCUT2D eigenvalue weighted by atomic mass is 10.3. The van der Waals surface area contributed by atoms with Crippen molar-refractivity contribution in [2.24, 2.45) is 5.73 Å². The summed E-state index contributed by atoms with van der Waals surface area (Å²) in [5.74, 6) is 6.41. The van der Waals surface area contributed by atoms with Crippen molar-refractivity contribution >= 4 is 6.03 Å². The van der Waals surface area contributed by atoms with Gasteiger partial charge in [-0.2, -0.15) is 5.06 Å². The number of amides is 2. The molecule has 0 aliphatic carbocycles. The molecule has 2 aromatic heterocycles. The SMILES string of the molecule is CC(C#Cc1ccc(Oc2cccnc2)o1)N(O)C(N)=O. The van der Waals surface area contributed by atoms with E-state index in [1.54, 1.807) is 36.7 Å². The normalized spacial score (nSPS) is 11.1. The van der Waals surface area contributed by atoms with Gasteiger partial charge in [0.15, 0.2) is 5.76 Å². The first kappa shape index (κ1) is 14.4. The van der Waals surface area contributed by atoms with Crippen LogP contribution < -0.4 is 10.5 Å². The van der Waals surface area contributed by atoms with E-state index in [-0.39, 0.29) is 5.95 Å². The summed E-state index contributed by atoms with van der Waals surface area (Å²) in [5.41, 5.74) is 4.92. The number of carbonyl (C=O) groups is 1. The largest absolute Gasteiger partial charge is 0.424 e. The number of hydrogen-bond acceptors (Lipinski definition) is 5. The van der Waals surface area contributed by atoms with Crippen molar-refractivity contribution in [1.82, 2.24) is 10.0 Å². The van der Waals surface area contributed by atoms with Crippen molar-refractivity contribution in [2.75, 3.05) is 0 Å². The zero-order valence-corrected chi connectivity index (χ0v) is 11.2. The highest BCUT2D eigenvalue weighted by molar-refractivity contribution is 5.71. The summed E-state index contributed by atoms with van der Waals surface area (Å²) < 4.78 is 10.8. The van der Waals surface area contributed by atoms with Gasteiger partial charge in [-0.15, -0.1) is 0 Å². The van der Waals surface area contributed by atoms with Crippen LogP contribution in [0.5, 0.6) is 11.7 Å². The van der Waals surface area contributed by atoms with Crippen LogP contribution in [-0.2, 0) is 0 Å². The van der Waals surface area contributed by atoms with Gasteiger partial charge in [-0.1, -0.05) is 5.92 Å². The van der Waals surface area contributed by atoms with Crippen LogP contribution in [0.3, 0.4) is 0 Å². The minimum absolute atomic E-state index is 0.260. The Labute approximate surface area is 120 Å². The lowest BCUT2D eigenvalue weighted by Gasteiger charge is -2.14. The molecule has 0 aromatic carbocycles. The first-order valence-corrected chi connectivity index (χ1v) is 6.03. The topological polar surface area (TPSA) is 102 Å². The van der Waals surface area contributed by atoms with Gasteiger partial charge in [0.05, 0.1) is 6.20 Å². The van der Waals surface area contributed by atoms with E-state index in [4.69, 9.17) is 14.9 Å². The average molecular weight is 287 g/mol. The van der Waals surface area contributed by atoms with E-state index in [0.717, 1.165) is 0 Å². The second-order valence-electron chi connectivity index (χ2n) is 4.04. The number of furan rings is 1. The number of aromatic nitrogens is 1. The third-order valence-electron chi connectivity index (χ3n) is 2.43. The summed E-state index contributed by atoms with van der Waals surface area (Å²) in [4.78, 5) is 14.7. The van der Waals surface area contributed by atoms with Crippen LogP contribution in [0.2, 0.25) is 0 Å². The zero-order valence-electron chi connectivity index (χ0n) is 11.2. The van der Waals surface area contributed by atoms with E-state index < -0.39 is 12.1 Å². The number of hydroxylamine groups is 2. The first-order chi connectivity index (χ1) is 10.1. The molecule has 0 saturated carbocycles. The Hall–Kier alpha value is -2.98. The fourth-order valence-electron chi connectivity index (χ4n) is 1.39. The molecule has 7 heteroatoms. The zero-order chi connectivity index (χ0) is 15.2. The molecule has 1 atom stereocenters. The summed E-state index contributed by atoms with van der Waals surface area (Å²) in [5, 5.41) is 9.60. The Kier molecular flexibility index (Phi) is 4.43. The predicted octanol–water partition coefficient (Wildman–Crippen LogP) is 1.98. The number of hydrogen-bond donors (Lipinski definition) is 2. The maximum atomic E-state index is 10.7. The number of carbonyl (C=O) groups excluding carboxylic acids is 1. The van der Waals surface area contributed by atoms with Gasteiger partial charge in [0.25, 0.3) is 5.95 Å². The van der Waals surface area contributed by atoms with Gasteiger partial charge >= 0.3 is 6.03 Å². The fraction of sp³-hybridized carbons (Fsp3) is 0.143. The molecular formula is C14H13N3O4. The van der Waals surface area contributed by atoms with Crippen molar-refractivity contribution in [3.63, 3.8) is 0 Å². The summed E-state index contributed by atoms with van der Waals surface area (Å²) in [7, 11) is 0. The third-order valence-corrected chi connectivity index (χ3v) is 2.43. The predicted molar refractivity (Wildman–Crippen MR) is 72.6 cm³/mol. The van der Waals surface area contributed by atoms with Crippen LogP contribution in [0.4, 0.5) is 4.79 Å². The molecule has 0 fully saturated rings. The van der Waals surface area contributed by atoms with Crippen molar-refractivity contribution in [3.05, 3.63) is 42.4 Å². The number of nitrogens with zero attached hydrogens (tertiary/aromatic N) is 2. The standard InChI is InChI=1S/C14H13N3O4/c1-10(17(19)14(15)18)4-5-11-6-7-13(20-11)21-12-3-2-8-16-9-12/h2-3,6-10,19H,1H3,(H2,15,18). The summed E-state index contributed by atoms with van der Waals surface area (Å²) in [6.07, 6.45) is 3.18. The maximum absolute atomic E-state index is 10.7. The van der Waals surface area contributed by atoms with E-state index in [2.05, 4.69) is 16.8 Å². The molecular weight excluding hydrogens is 274 g/mol. The summed E-state index contributed by atoms with van der Waals surface area (Å²) >= 11 is 0. The number of primary amides is 1. The number of ether oxygens (including phenoxy) is 1. The van der Waals surface area contributed by atoms with Gasteiger partial charge in [-0.3, -0.25) is 10.2 Å². The van der Waals surface area contributed by atoms with Gasteiger partial charge in [-0.25, -0.2) is 4.79 Å². The summed E-state index contributed by atoms with van der Waals surface area (Å²) in [6, 6.07) is 4.95. The Bertz CT molecular complexity index is 672. The monoisotopic (exact) mass is 287 g/mol. The first-order valence-electron chi connectivity index (χ1n) is 6.03. The molecule has 21 heavy (non-hydrogen) atoms. The number of rotatable bonds is 3. The molecule has 0 spiro atoms. The summed E-state index contributed by atoms with van der Waals surface area (Å²) in [6.45, 7) is 1.52. The van der Waals surface area contributed by atoms with Crippen molar-refractivity contribution in [1.29, 1.82) is 0 Å². The highest BCUT2D eigenvalue weighted by Gasteiger charge is 2.12. The Morgan fingerprint density at radius 1 is 1.52 bits per heavy atom. The number of nitrogens with two attached hydrogens (primary N) is 1. The molecule has 0 radical (unpaired) electrons. The van der Waals surface area contributed by atoms with Crippen LogP contribution in [0.1, 0.15) is 12.7 Å². The van der Waals surface area contributed by atoms with Gasteiger partial charge in [0.1, 0.15) is 11.8 Å². The van der Waals surface area contributed by atoms with Crippen LogP contribution in [0.25, 0.3) is 0 Å². The van der Waals surface area contributed by atoms with Gasteiger partial charge < -0.3 is 14.9 Å². The number of pyridine rings is 1. The minimum atomic E-state index is -0.975. The van der Waals surface area contributed by atoms with Crippen LogP contribution in [0.15, 0.2) is 41.1 Å². The second kappa shape index (κ2) is 6.45. The molecule has 2 heterocycles. The Balaban J connectivity index is 2.02. The van der Waals surface area contributed by atoms with E-state index in [0.29, 0.717) is 16.6 Å². The van der Waals surface area contributed by atoms with Gasteiger partial charge in [-0.05, 0) is 31.0 Å². The van der Waals surface area contributed by atoms with Crippen LogP contribution in [0, 0.1) is 11.8 Å². The van der Waals surface area contributed by atoms with Crippen LogP contribution >= 0.6 is 0 Å². The second-order valence-corrected chi connectivity index (χ2v) is 4.04. The van der Waals surface area contributed by atoms with Gasteiger partial charge in [0.2, 0.25) is 0 Å². The molecule has 0 bridgehead atoms. The van der Waals surface area contributed by atoms with E-state index in [1.165, 1.54) is 6.92 Å². The third kappa shape index (κ3) is 3.99. The molecule has 2 aromatic rings. The Morgan fingerprint density at radius 2 is 2.33 bits per heavy atom. The molecule has 2 amide bonds. The van der Waals surface area contributed by atoms with Crippen molar-refractivity contribution in [3.8, 4) is 23.5 Å². The van der Waals surface area contributed by atoms with E-state index >= 15 is 0 Å². The molecule has 0 aliphatic rings. The highest BCUT2D eigenvalue weighted by Crippen LogP contribution is 2.22.